The van der Waals surface area contributed by atoms with Gasteiger partial charge in [-0.15, -0.1) is 11.3 Å². The molecule has 0 spiro atoms. The zero-order chi connectivity index (χ0) is 17.4. The van der Waals surface area contributed by atoms with E-state index in [1.165, 1.54) is 0 Å². The summed E-state index contributed by atoms with van der Waals surface area (Å²) in [5, 5.41) is 4.44. The van der Waals surface area contributed by atoms with E-state index in [4.69, 9.17) is 14.5 Å². The number of ether oxygens (including phenoxy) is 2. The first-order chi connectivity index (χ1) is 12.2. The number of fused-ring (bicyclic) bond motifs is 1. The van der Waals surface area contributed by atoms with Gasteiger partial charge in [-0.3, -0.25) is 4.79 Å². The average Bonchev–Trinajstić information content (AvgIpc) is 3.26. The molecule has 0 N–H and O–H groups in total. The van der Waals surface area contributed by atoms with Gasteiger partial charge in [0.05, 0.1) is 25.3 Å². The Kier molecular flexibility index (Phi) is 3.82. The Bertz CT molecular complexity index is 1100. The fourth-order valence-corrected chi connectivity index (χ4v) is 3.55. The highest BCUT2D eigenvalue weighted by Gasteiger charge is 2.11. The van der Waals surface area contributed by atoms with Crippen LogP contribution in [0.25, 0.3) is 27.9 Å². The van der Waals surface area contributed by atoms with Gasteiger partial charge >= 0.3 is 0 Å². The number of hydrogen-bond acceptors (Lipinski definition) is 5. The van der Waals surface area contributed by atoms with Gasteiger partial charge in [-0.2, -0.15) is 0 Å². The van der Waals surface area contributed by atoms with E-state index in [-0.39, 0.29) is 5.91 Å². The molecule has 25 heavy (non-hydrogen) atoms. The highest BCUT2D eigenvalue weighted by atomic mass is 32.1. The minimum absolute atomic E-state index is 0.212. The molecule has 1 aliphatic heterocycles. The molecule has 0 fully saturated rings. The molecular formula is C19H14N2O3S. The standard InChI is InChI=1S/C19H14N2O3S/c1-23-16-6-4-12(8-17(16)24-2)19-21-15(10-25-19)11-3-5-14-13(7-11)9-18(22)20-14/h3-10H,1-2H3. The maximum absolute atomic E-state index is 11.4. The molecule has 0 unspecified atom stereocenters. The van der Waals surface area contributed by atoms with Gasteiger partial charge in [-0.25, -0.2) is 9.98 Å². The van der Waals surface area contributed by atoms with Crippen molar-refractivity contribution < 1.29 is 14.3 Å². The summed E-state index contributed by atoms with van der Waals surface area (Å²) in [7, 11) is 3.23. The third-order valence-corrected chi connectivity index (χ3v) is 4.86. The summed E-state index contributed by atoms with van der Waals surface area (Å²) in [6.07, 6.45) is 1.54. The fourth-order valence-electron chi connectivity index (χ4n) is 2.72. The van der Waals surface area contributed by atoms with E-state index in [0.717, 1.165) is 27.0 Å². The fraction of sp³-hybridized carbons (Fsp3) is 0.105. The minimum atomic E-state index is -0.212. The van der Waals surface area contributed by atoms with E-state index in [0.29, 0.717) is 16.9 Å². The second-order valence-corrected chi connectivity index (χ2v) is 6.33. The number of methoxy groups -OCH3 is 2. The first-order valence-electron chi connectivity index (χ1n) is 7.61. The molecule has 124 valence electrons. The highest BCUT2D eigenvalue weighted by Crippen LogP contribution is 2.34. The zero-order valence-electron chi connectivity index (χ0n) is 13.6. The maximum atomic E-state index is 11.4. The van der Waals surface area contributed by atoms with E-state index in [1.807, 2.05) is 41.8 Å². The molecule has 0 radical (unpaired) electrons. The molecule has 0 saturated heterocycles. The molecule has 1 aromatic heterocycles. The summed E-state index contributed by atoms with van der Waals surface area (Å²) in [6.45, 7) is 0. The summed E-state index contributed by atoms with van der Waals surface area (Å²) in [6, 6.07) is 11.5. The molecule has 6 heteroatoms. The minimum Gasteiger partial charge on any atom is -0.493 e. The van der Waals surface area contributed by atoms with Gasteiger partial charge in [-0.05, 0) is 30.3 Å². The molecule has 2 heterocycles. The molecule has 0 saturated carbocycles. The van der Waals surface area contributed by atoms with E-state index in [9.17, 15) is 4.79 Å². The van der Waals surface area contributed by atoms with E-state index in [2.05, 4.69) is 4.99 Å². The Morgan fingerprint density at radius 2 is 1.76 bits per heavy atom. The van der Waals surface area contributed by atoms with Gasteiger partial charge in [0.2, 0.25) is 0 Å². The van der Waals surface area contributed by atoms with E-state index < -0.39 is 0 Å². The lowest BCUT2D eigenvalue weighted by Gasteiger charge is -2.08. The monoisotopic (exact) mass is 350 g/mol. The molecular weight excluding hydrogens is 336 g/mol. The SMILES string of the molecule is COc1ccc(-c2nc(-c3ccc4c(c3)=CC(=O)N=4)cs2)cc1OC. The van der Waals surface area contributed by atoms with Gasteiger partial charge in [0.1, 0.15) is 5.01 Å². The smallest absolute Gasteiger partial charge is 0.270 e. The van der Waals surface area contributed by atoms with Gasteiger partial charge < -0.3 is 9.47 Å². The lowest BCUT2D eigenvalue weighted by atomic mass is 10.1. The topological polar surface area (TPSA) is 60.8 Å². The molecule has 1 amide bonds. The van der Waals surface area contributed by atoms with Crippen molar-refractivity contribution in [3.63, 3.8) is 0 Å². The van der Waals surface area contributed by atoms with Crippen LogP contribution in [0.2, 0.25) is 0 Å². The van der Waals surface area contributed by atoms with Crippen LogP contribution in [-0.4, -0.2) is 25.1 Å². The van der Waals surface area contributed by atoms with Crippen LogP contribution in [0.3, 0.4) is 0 Å². The number of benzene rings is 2. The van der Waals surface area contributed by atoms with E-state index >= 15 is 0 Å². The number of amides is 1. The molecule has 4 rings (SSSR count). The molecule has 1 aliphatic rings. The Balaban J connectivity index is 1.72. The van der Waals surface area contributed by atoms with Crippen molar-refractivity contribution in [3.05, 3.63) is 52.4 Å². The molecule has 5 nitrogen and oxygen atoms in total. The summed E-state index contributed by atoms with van der Waals surface area (Å²) >= 11 is 1.56. The summed E-state index contributed by atoms with van der Waals surface area (Å²) in [4.78, 5) is 20.0. The third-order valence-electron chi connectivity index (χ3n) is 3.97. The first kappa shape index (κ1) is 15.5. The van der Waals surface area contributed by atoms with Gasteiger partial charge in [0, 0.05) is 27.8 Å². The second kappa shape index (κ2) is 6.14. The Morgan fingerprint density at radius 3 is 2.56 bits per heavy atom. The molecule has 0 atom stereocenters. The molecule has 2 aromatic carbocycles. The number of carbonyl (C=O) groups excluding carboxylic acids is 1. The van der Waals surface area contributed by atoms with Crippen molar-refractivity contribution in [1.82, 2.24) is 4.98 Å². The average molecular weight is 350 g/mol. The largest absolute Gasteiger partial charge is 0.493 e. The Morgan fingerprint density at radius 1 is 0.960 bits per heavy atom. The van der Waals surface area contributed by atoms with Gasteiger partial charge in [0.15, 0.2) is 11.5 Å². The lowest BCUT2D eigenvalue weighted by Crippen LogP contribution is -2.20. The van der Waals surface area contributed by atoms with Crippen molar-refractivity contribution in [2.24, 2.45) is 4.99 Å². The molecule has 3 aromatic rings. The van der Waals surface area contributed by atoms with Crippen LogP contribution in [0.15, 0.2) is 46.8 Å². The van der Waals surface area contributed by atoms with Gasteiger partial charge in [-0.1, -0.05) is 6.07 Å². The lowest BCUT2D eigenvalue weighted by molar-refractivity contribution is -0.112. The summed E-state index contributed by atoms with van der Waals surface area (Å²) in [5.41, 5.74) is 2.79. The van der Waals surface area contributed by atoms with Crippen LogP contribution < -0.4 is 20.0 Å². The predicted molar refractivity (Wildman–Crippen MR) is 96.3 cm³/mol. The van der Waals surface area contributed by atoms with Crippen LogP contribution in [0.5, 0.6) is 11.5 Å². The predicted octanol–water partition coefficient (Wildman–Crippen LogP) is 2.43. The third kappa shape index (κ3) is 2.81. The Hall–Kier alpha value is -2.99. The maximum Gasteiger partial charge on any atom is 0.270 e. The number of hydrogen-bond donors (Lipinski definition) is 0. The van der Waals surface area contributed by atoms with Crippen molar-refractivity contribution in [2.45, 2.75) is 0 Å². The number of thiazole rings is 1. The number of nitrogens with zero attached hydrogens (tertiary/aromatic N) is 2. The zero-order valence-corrected chi connectivity index (χ0v) is 14.5. The van der Waals surface area contributed by atoms with Crippen molar-refractivity contribution in [3.8, 4) is 33.3 Å². The van der Waals surface area contributed by atoms with Gasteiger partial charge in [0.25, 0.3) is 5.91 Å². The number of rotatable bonds is 4. The first-order valence-corrected chi connectivity index (χ1v) is 8.48. The van der Waals surface area contributed by atoms with Crippen LogP contribution in [0.1, 0.15) is 0 Å². The van der Waals surface area contributed by atoms with Crippen LogP contribution in [-0.2, 0) is 4.79 Å². The van der Waals surface area contributed by atoms with Crippen LogP contribution in [0, 0.1) is 0 Å². The van der Waals surface area contributed by atoms with Crippen molar-refractivity contribution >= 4 is 23.3 Å². The van der Waals surface area contributed by atoms with E-state index in [1.54, 1.807) is 31.6 Å². The van der Waals surface area contributed by atoms with Crippen LogP contribution >= 0.6 is 11.3 Å². The Labute approximate surface area is 147 Å². The van der Waals surface area contributed by atoms with Crippen molar-refractivity contribution in [2.75, 3.05) is 14.2 Å². The van der Waals surface area contributed by atoms with Crippen LogP contribution in [0.4, 0.5) is 0 Å². The molecule has 0 bridgehead atoms. The normalized spacial score (nSPS) is 12.3. The quantitative estimate of drug-likeness (QED) is 0.725. The highest BCUT2D eigenvalue weighted by molar-refractivity contribution is 7.13. The number of aromatic nitrogens is 1. The second-order valence-electron chi connectivity index (χ2n) is 5.48. The molecule has 0 aliphatic carbocycles. The number of carbonyl (C=O) groups is 1. The summed E-state index contributed by atoms with van der Waals surface area (Å²) in [5.74, 6) is 1.14. The van der Waals surface area contributed by atoms with Crippen molar-refractivity contribution in [1.29, 1.82) is 0 Å². The summed E-state index contributed by atoms with van der Waals surface area (Å²) < 4.78 is 10.6.